The summed E-state index contributed by atoms with van der Waals surface area (Å²) in [5.74, 6) is -0.0686. The molecule has 0 radical (unpaired) electrons. The quantitative estimate of drug-likeness (QED) is 0.349. The highest BCUT2D eigenvalue weighted by atomic mass is 32.1. The number of hydrogen-bond donors (Lipinski definition) is 3. The van der Waals surface area contributed by atoms with E-state index in [0.717, 1.165) is 64.3 Å². The standard InChI is InChI=1S/C27H29N5OS/c1-18-12-14-34-26(18)27(33)29-25-15-19(16-32-13-11-21(17-32)28-2)7-8-20(25)9-10-24-22-5-3-4-6-23(22)30-31-24/h3-10,12,14-15,21,28H,11,13,16-17H2,1-2H3,(H,29,33)(H,30,31)/b10-9+. The summed E-state index contributed by atoms with van der Waals surface area (Å²) in [5.41, 5.74) is 5.83. The molecule has 6 nitrogen and oxygen atoms in total. The molecule has 1 saturated heterocycles. The van der Waals surface area contributed by atoms with Crippen molar-refractivity contribution in [1.82, 2.24) is 20.4 Å². The molecule has 0 saturated carbocycles. The van der Waals surface area contributed by atoms with Crippen molar-refractivity contribution in [1.29, 1.82) is 0 Å². The fourth-order valence-corrected chi connectivity index (χ4v) is 5.31. The highest BCUT2D eigenvalue weighted by molar-refractivity contribution is 7.12. The number of rotatable bonds is 7. The third-order valence-electron chi connectivity index (χ3n) is 6.44. The van der Waals surface area contributed by atoms with Crippen molar-refractivity contribution in [3.05, 3.63) is 81.2 Å². The number of fused-ring (bicyclic) bond motifs is 1. The molecular formula is C27H29N5OS. The number of para-hydroxylation sites is 1. The lowest BCUT2D eigenvalue weighted by Crippen LogP contribution is -2.29. The Bertz CT molecular complexity index is 1340. The number of thiophene rings is 1. The Labute approximate surface area is 203 Å². The number of amides is 1. The molecule has 1 aliphatic heterocycles. The number of carbonyl (C=O) groups excluding carboxylic acids is 1. The van der Waals surface area contributed by atoms with Crippen LogP contribution in [0.25, 0.3) is 23.1 Å². The Morgan fingerprint density at radius 2 is 2.12 bits per heavy atom. The van der Waals surface area contributed by atoms with Crippen molar-refractivity contribution < 1.29 is 4.79 Å². The fraction of sp³-hybridized carbons (Fsp3) is 0.259. The van der Waals surface area contributed by atoms with Crippen molar-refractivity contribution >= 4 is 46.0 Å². The van der Waals surface area contributed by atoms with Crippen LogP contribution in [0.4, 0.5) is 5.69 Å². The minimum Gasteiger partial charge on any atom is -0.321 e. The van der Waals surface area contributed by atoms with Gasteiger partial charge in [0.05, 0.1) is 16.1 Å². The van der Waals surface area contributed by atoms with Crippen LogP contribution in [-0.2, 0) is 6.54 Å². The van der Waals surface area contributed by atoms with E-state index in [2.05, 4.69) is 50.0 Å². The van der Waals surface area contributed by atoms with E-state index in [9.17, 15) is 4.79 Å². The lowest BCUT2D eigenvalue weighted by atomic mass is 10.1. The number of likely N-dealkylation sites (tertiary alicyclic amines) is 1. The number of benzene rings is 2. The molecule has 34 heavy (non-hydrogen) atoms. The van der Waals surface area contributed by atoms with Gasteiger partial charge in [-0.25, -0.2) is 0 Å². The Morgan fingerprint density at radius 1 is 1.24 bits per heavy atom. The summed E-state index contributed by atoms with van der Waals surface area (Å²) in [5, 5.41) is 17.1. The van der Waals surface area contributed by atoms with Gasteiger partial charge in [-0.1, -0.05) is 36.4 Å². The summed E-state index contributed by atoms with van der Waals surface area (Å²) in [6.45, 7) is 4.96. The van der Waals surface area contributed by atoms with Crippen LogP contribution in [0.1, 0.15) is 38.5 Å². The zero-order valence-electron chi connectivity index (χ0n) is 19.5. The highest BCUT2D eigenvalue weighted by Crippen LogP contribution is 2.26. The third-order valence-corrected chi connectivity index (χ3v) is 7.46. The first-order valence-corrected chi connectivity index (χ1v) is 12.5. The van der Waals surface area contributed by atoms with Crippen LogP contribution >= 0.6 is 11.3 Å². The SMILES string of the molecule is CNC1CCN(Cc2ccc(/C=C/c3n[nH]c4ccccc34)c(NC(=O)c3sccc3C)c2)C1. The van der Waals surface area contributed by atoms with Gasteiger partial charge in [0.2, 0.25) is 0 Å². The first-order chi connectivity index (χ1) is 16.6. The Morgan fingerprint density at radius 3 is 2.91 bits per heavy atom. The maximum absolute atomic E-state index is 13.0. The second-order valence-corrected chi connectivity index (χ2v) is 9.72. The largest absolute Gasteiger partial charge is 0.321 e. The lowest BCUT2D eigenvalue weighted by Gasteiger charge is -2.17. The van der Waals surface area contributed by atoms with Crippen LogP contribution in [-0.4, -0.2) is 47.2 Å². The molecule has 3 heterocycles. The fourth-order valence-electron chi connectivity index (χ4n) is 4.49. The summed E-state index contributed by atoms with van der Waals surface area (Å²) in [4.78, 5) is 16.2. The van der Waals surface area contributed by atoms with E-state index in [0.29, 0.717) is 6.04 Å². The minimum absolute atomic E-state index is 0.0686. The highest BCUT2D eigenvalue weighted by Gasteiger charge is 2.21. The number of nitrogens with one attached hydrogen (secondary N) is 3. The Kier molecular flexibility index (Phi) is 6.58. The molecule has 4 aromatic rings. The average molecular weight is 472 g/mol. The predicted molar refractivity (Wildman–Crippen MR) is 141 cm³/mol. The summed E-state index contributed by atoms with van der Waals surface area (Å²) in [6, 6.07) is 16.9. The van der Waals surface area contributed by atoms with Gasteiger partial charge in [0.25, 0.3) is 5.91 Å². The maximum Gasteiger partial charge on any atom is 0.266 e. The van der Waals surface area contributed by atoms with Crippen molar-refractivity contribution in [3.63, 3.8) is 0 Å². The molecule has 1 amide bonds. The summed E-state index contributed by atoms with van der Waals surface area (Å²) >= 11 is 1.47. The maximum atomic E-state index is 13.0. The molecular weight excluding hydrogens is 442 g/mol. The van der Waals surface area contributed by atoms with Gasteiger partial charge in [-0.15, -0.1) is 11.3 Å². The van der Waals surface area contributed by atoms with Gasteiger partial charge in [0, 0.05) is 36.7 Å². The van der Waals surface area contributed by atoms with E-state index < -0.39 is 0 Å². The number of H-pyrrole nitrogens is 1. The molecule has 2 aromatic heterocycles. The summed E-state index contributed by atoms with van der Waals surface area (Å²) in [7, 11) is 2.03. The topological polar surface area (TPSA) is 73.1 Å². The molecule has 0 spiro atoms. The molecule has 3 N–H and O–H groups in total. The van der Waals surface area contributed by atoms with Gasteiger partial charge in [-0.05, 0) is 66.7 Å². The van der Waals surface area contributed by atoms with E-state index in [1.165, 1.54) is 16.9 Å². The average Bonchev–Trinajstić information content (AvgIpc) is 3.58. The number of likely N-dealkylation sites (N-methyl/N-ethyl adjacent to an activating group) is 1. The molecule has 5 rings (SSSR count). The zero-order valence-corrected chi connectivity index (χ0v) is 20.3. The van der Waals surface area contributed by atoms with Crippen molar-refractivity contribution in [2.45, 2.75) is 25.9 Å². The van der Waals surface area contributed by atoms with Gasteiger partial charge < -0.3 is 10.6 Å². The van der Waals surface area contributed by atoms with Crippen LogP contribution in [0.15, 0.2) is 53.9 Å². The van der Waals surface area contributed by atoms with Crippen LogP contribution in [0.3, 0.4) is 0 Å². The number of aryl methyl sites for hydroxylation is 1. The van der Waals surface area contributed by atoms with E-state index in [-0.39, 0.29) is 5.91 Å². The van der Waals surface area contributed by atoms with Crippen LogP contribution < -0.4 is 10.6 Å². The van der Waals surface area contributed by atoms with Crippen LogP contribution in [0.2, 0.25) is 0 Å². The van der Waals surface area contributed by atoms with Crippen molar-refractivity contribution in [2.75, 3.05) is 25.5 Å². The lowest BCUT2D eigenvalue weighted by molar-refractivity contribution is 0.103. The summed E-state index contributed by atoms with van der Waals surface area (Å²) < 4.78 is 0. The molecule has 2 aromatic carbocycles. The Hall–Kier alpha value is -3.26. The number of carbonyl (C=O) groups is 1. The van der Waals surface area contributed by atoms with Crippen LogP contribution in [0, 0.1) is 6.92 Å². The molecule has 0 bridgehead atoms. The van der Waals surface area contributed by atoms with E-state index in [1.807, 2.05) is 55.8 Å². The first-order valence-electron chi connectivity index (χ1n) is 11.6. The molecule has 174 valence electrons. The van der Waals surface area contributed by atoms with Gasteiger partial charge in [0.15, 0.2) is 0 Å². The molecule has 1 atom stereocenters. The van der Waals surface area contributed by atoms with Gasteiger partial charge in [-0.3, -0.25) is 14.8 Å². The second-order valence-electron chi connectivity index (χ2n) is 8.81. The number of aromatic amines is 1. The first kappa shape index (κ1) is 22.5. The van der Waals surface area contributed by atoms with Crippen LogP contribution in [0.5, 0.6) is 0 Å². The number of nitrogens with zero attached hydrogens (tertiary/aromatic N) is 2. The van der Waals surface area contributed by atoms with Crippen molar-refractivity contribution in [2.24, 2.45) is 0 Å². The molecule has 0 aliphatic carbocycles. The smallest absolute Gasteiger partial charge is 0.266 e. The van der Waals surface area contributed by atoms with E-state index >= 15 is 0 Å². The molecule has 1 unspecified atom stereocenters. The van der Waals surface area contributed by atoms with E-state index in [4.69, 9.17) is 0 Å². The van der Waals surface area contributed by atoms with E-state index in [1.54, 1.807) is 0 Å². The third kappa shape index (κ3) is 4.82. The second kappa shape index (κ2) is 9.93. The molecule has 1 aliphatic rings. The normalized spacial score (nSPS) is 16.6. The van der Waals surface area contributed by atoms with Gasteiger partial charge in [0.1, 0.15) is 0 Å². The monoisotopic (exact) mass is 471 g/mol. The predicted octanol–water partition coefficient (Wildman–Crippen LogP) is 5.15. The Balaban J connectivity index is 1.43. The number of anilines is 1. The summed E-state index contributed by atoms with van der Waals surface area (Å²) in [6.07, 6.45) is 5.18. The number of hydrogen-bond acceptors (Lipinski definition) is 5. The minimum atomic E-state index is -0.0686. The van der Waals surface area contributed by atoms with Crippen molar-refractivity contribution in [3.8, 4) is 0 Å². The van der Waals surface area contributed by atoms with Gasteiger partial charge in [-0.2, -0.15) is 5.10 Å². The number of aromatic nitrogens is 2. The molecule has 1 fully saturated rings. The molecule has 7 heteroatoms. The van der Waals surface area contributed by atoms with Gasteiger partial charge >= 0.3 is 0 Å². The zero-order chi connectivity index (χ0) is 23.5.